The third kappa shape index (κ3) is 1.91. The van der Waals surface area contributed by atoms with Crippen molar-refractivity contribution in [2.24, 2.45) is 0 Å². The lowest BCUT2D eigenvalue weighted by molar-refractivity contribution is 0.355. The number of hydrogen-bond acceptors (Lipinski definition) is 3. The van der Waals surface area contributed by atoms with Gasteiger partial charge < -0.3 is 14.5 Å². The first-order valence-corrected chi connectivity index (χ1v) is 5.98. The van der Waals surface area contributed by atoms with E-state index >= 15 is 0 Å². The van der Waals surface area contributed by atoms with E-state index < -0.39 is 0 Å². The molecular formula is C15H14N2O2. The summed E-state index contributed by atoms with van der Waals surface area (Å²) < 4.78 is 10.6. The monoisotopic (exact) mass is 254 g/mol. The zero-order valence-corrected chi connectivity index (χ0v) is 10.8. The van der Waals surface area contributed by atoms with Crippen LogP contribution in [0.5, 0.6) is 11.5 Å². The molecule has 2 heterocycles. The Morgan fingerprint density at radius 2 is 1.84 bits per heavy atom. The lowest BCUT2D eigenvalue weighted by atomic mass is 10.0. The third-order valence-electron chi connectivity index (χ3n) is 3.15. The molecule has 3 aromatic rings. The molecule has 4 heteroatoms. The molecule has 0 aliphatic heterocycles. The predicted molar refractivity (Wildman–Crippen MR) is 74.6 cm³/mol. The summed E-state index contributed by atoms with van der Waals surface area (Å²) in [7, 11) is 3.27. The molecule has 0 unspecified atom stereocenters. The second-order valence-corrected chi connectivity index (χ2v) is 4.17. The normalized spacial score (nSPS) is 10.6. The smallest absolute Gasteiger partial charge is 0.161 e. The Balaban J connectivity index is 2.19. The minimum absolute atomic E-state index is 0.723. The second-order valence-electron chi connectivity index (χ2n) is 4.17. The van der Waals surface area contributed by atoms with E-state index in [1.807, 2.05) is 36.5 Å². The molecule has 2 aromatic heterocycles. The summed E-state index contributed by atoms with van der Waals surface area (Å²) in [4.78, 5) is 7.41. The van der Waals surface area contributed by atoms with Gasteiger partial charge in [0.25, 0.3) is 0 Å². The van der Waals surface area contributed by atoms with Gasteiger partial charge in [0.05, 0.1) is 14.2 Å². The lowest BCUT2D eigenvalue weighted by Crippen LogP contribution is -1.91. The van der Waals surface area contributed by atoms with Crippen LogP contribution in [0.3, 0.4) is 0 Å². The minimum Gasteiger partial charge on any atom is -0.493 e. The fourth-order valence-corrected chi connectivity index (χ4v) is 2.22. The number of hydrogen-bond donors (Lipinski definition) is 1. The predicted octanol–water partition coefficient (Wildman–Crippen LogP) is 3.25. The average Bonchev–Trinajstić information content (AvgIpc) is 2.94. The molecule has 1 aromatic carbocycles. The van der Waals surface area contributed by atoms with Crippen molar-refractivity contribution in [3.8, 4) is 22.6 Å². The zero-order valence-electron chi connectivity index (χ0n) is 10.8. The summed E-state index contributed by atoms with van der Waals surface area (Å²) in [5.74, 6) is 1.45. The molecule has 1 N–H and O–H groups in total. The van der Waals surface area contributed by atoms with Crippen LogP contribution < -0.4 is 9.47 Å². The van der Waals surface area contributed by atoms with E-state index in [0.717, 1.165) is 33.7 Å². The average molecular weight is 254 g/mol. The van der Waals surface area contributed by atoms with Gasteiger partial charge in [0, 0.05) is 17.8 Å². The first-order chi connectivity index (χ1) is 9.33. The van der Waals surface area contributed by atoms with E-state index in [1.165, 1.54) is 0 Å². The quantitative estimate of drug-likeness (QED) is 0.780. The molecule has 0 bridgehead atoms. The number of pyridine rings is 1. The van der Waals surface area contributed by atoms with Crippen LogP contribution in [-0.4, -0.2) is 24.2 Å². The van der Waals surface area contributed by atoms with Gasteiger partial charge >= 0.3 is 0 Å². The highest BCUT2D eigenvalue weighted by Crippen LogP contribution is 2.34. The molecule has 0 spiro atoms. The van der Waals surface area contributed by atoms with E-state index in [4.69, 9.17) is 9.47 Å². The number of nitrogens with one attached hydrogen (secondary N) is 1. The summed E-state index contributed by atoms with van der Waals surface area (Å²) in [6, 6.07) is 9.92. The largest absolute Gasteiger partial charge is 0.493 e. The Hall–Kier alpha value is -2.49. The first-order valence-electron chi connectivity index (χ1n) is 5.98. The maximum Gasteiger partial charge on any atom is 0.161 e. The molecule has 0 aliphatic carbocycles. The number of benzene rings is 1. The number of aromatic nitrogens is 2. The molecule has 0 saturated heterocycles. The van der Waals surface area contributed by atoms with Gasteiger partial charge in [-0.05, 0) is 35.4 Å². The fourth-order valence-electron chi connectivity index (χ4n) is 2.22. The Morgan fingerprint density at radius 3 is 2.63 bits per heavy atom. The highest BCUT2D eigenvalue weighted by molar-refractivity contribution is 5.93. The summed E-state index contributed by atoms with van der Waals surface area (Å²) >= 11 is 0. The summed E-state index contributed by atoms with van der Waals surface area (Å²) in [5.41, 5.74) is 3.07. The van der Waals surface area contributed by atoms with Gasteiger partial charge in [-0.2, -0.15) is 0 Å². The number of aromatic amines is 1. The molecule has 0 fully saturated rings. The molecule has 3 rings (SSSR count). The van der Waals surface area contributed by atoms with Crippen LogP contribution in [0.1, 0.15) is 0 Å². The van der Waals surface area contributed by atoms with E-state index in [2.05, 4.69) is 9.97 Å². The fraction of sp³-hybridized carbons (Fsp3) is 0.133. The number of nitrogens with zero attached hydrogens (tertiary/aromatic N) is 1. The van der Waals surface area contributed by atoms with Crippen LogP contribution >= 0.6 is 0 Å². The van der Waals surface area contributed by atoms with Crippen LogP contribution in [0.4, 0.5) is 0 Å². The van der Waals surface area contributed by atoms with E-state index in [-0.39, 0.29) is 0 Å². The molecule has 96 valence electrons. The van der Waals surface area contributed by atoms with Crippen molar-refractivity contribution in [3.05, 3.63) is 42.7 Å². The Morgan fingerprint density at radius 1 is 1.00 bits per heavy atom. The third-order valence-corrected chi connectivity index (χ3v) is 3.15. The zero-order chi connectivity index (χ0) is 13.2. The minimum atomic E-state index is 0.723. The number of methoxy groups -OCH3 is 2. The SMILES string of the molecule is COc1ccc(-c2ccnc3[nH]ccc23)cc1OC. The van der Waals surface area contributed by atoms with E-state index in [1.54, 1.807) is 20.4 Å². The number of ether oxygens (including phenoxy) is 2. The van der Waals surface area contributed by atoms with Gasteiger partial charge in [0.2, 0.25) is 0 Å². The van der Waals surface area contributed by atoms with E-state index in [0.29, 0.717) is 0 Å². The standard InChI is InChI=1S/C15H14N2O2/c1-18-13-4-3-10(9-14(13)19-2)11-5-7-16-15-12(11)6-8-17-15/h3-9H,1-2H3,(H,16,17). The van der Waals surface area contributed by atoms with Crippen LogP contribution in [0.15, 0.2) is 42.7 Å². The van der Waals surface area contributed by atoms with Crippen molar-refractivity contribution in [2.75, 3.05) is 14.2 Å². The Bertz CT molecular complexity index is 719. The van der Waals surface area contributed by atoms with Crippen LogP contribution in [0.2, 0.25) is 0 Å². The molecule has 0 atom stereocenters. The van der Waals surface area contributed by atoms with Gasteiger partial charge in [-0.15, -0.1) is 0 Å². The summed E-state index contributed by atoms with van der Waals surface area (Å²) in [6.07, 6.45) is 3.69. The second kappa shape index (κ2) is 4.65. The molecular weight excluding hydrogens is 240 g/mol. The lowest BCUT2D eigenvalue weighted by Gasteiger charge is -2.10. The van der Waals surface area contributed by atoms with Gasteiger partial charge in [-0.1, -0.05) is 6.07 Å². The molecule has 19 heavy (non-hydrogen) atoms. The molecule has 0 radical (unpaired) electrons. The highest BCUT2D eigenvalue weighted by atomic mass is 16.5. The molecule has 4 nitrogen and oxygen atoms in total. The molecule has 0 amide bonds. The Kier molecular flexibility index (Phi) is 2.83. The van der Waals surface area contributed by atoms with Gasteiger partial charge in [0.15, 0.2) is 11.5 Å². The van der Waals surface area contributed by atoms with Gasteiger partial charge in [-0.25, -0.2) is 4.98 Å². The highest BCUT2D eigenvalue weighted by Gasteiger charge is 2.09. The van der Waals surface area contributed by atoms with Crippen LogP contribution in [-0.2, 0) is 0 Å². The maximum absolute atomic E-state index is 5.34. The summed E-state index contributed by atoms with van der Waals surface area (Å²) in [6.45, 7) is 0. The van der Waals surface area contributed by atoms with Crippen LogP contribution in [0, 0.1) is 0 Å². The number of rotatable bonds is 3. The van der Waals surface area contributed by atoms with Crippen molar-refractivity contribution in [1.29, 1.82) is 0 Å². The van der Waals surface area contributed by atoms with Gasteiger partial charge in [-0.3, -0.25) is 0 Å². The van der Waals surface area contributed by atoms with Gasteiger partial charge in [0.1, 0.15) is 5.65 Å². The van der Waals surface area contributed by atoms with Crippen molar-refractivity contribution in [2.45, 2.75) is 0 Å². The maximum atomic E-state index is 5.34. The topological polar surface area (TPSA) is 47.1 Å². The van der Waals surface area contributed by atoms with Crippen molar-refractivity contribution < 1.29 is 9.47 Å². The number of fused-ring (bicyclic) bond motifs is 1. The van der Waals surface area contributed by atoms with Crippen molar-refractivity contribution in [1.82, 2.24) is 9.97 Å². The molecule has 0 aliphatic rings. The van der Waals surface area contributed by atoms with Crippen molar-refractivity contribution in [3.63, 3.8) is 0 Å². The number of H-pyrrole nitrogens is 1. The van der Waals surface area contributed by atoms with Crippen molar-refractivity contribution >= 4 is 11.0 Å². The molecule has 0 saturated carbocycles. The Labute approximate surface area is 111 Å². The van der Waals surface area contributed by atoms with Crippen LogP contribution in [0.25, 0.3) is 22.2 Å². The first kappa shape index (κ1) is 11.6. The summed E-state index contributed by atoms with van der Waals surface area (Å²) in [5, 5.41) is 1.09. The van der Waals surface area contributed by atoms with E-state index in [9.17, 15) is 0 Å².